The number of rotatable bonds is 9. The number of thioether (sulfide) groups is 1. The minimum atomic E-state index is -0.533. The van der Waals surface area contributed by atoms with Crippen molar-refractivity contribution in [3.05, 3.63) is 47.7 Å². The molecule has 0 saturated carbocycles. The highest BCUT2D eigenvalue weighted by Crippen LogP contribution is 2.40. The molecule has 0 spiro atoms. The first-order chi connectivity index (χ1) is 14.9. The Balaban J connectivity index is 2.12. The average molecular weight is 445 g/mol. The largest absolute Gasteiger partial charge is 0.493 e. The predicted molar refractivity (Wildman–Crippen MR) is 121 cm³/mol. The second-order valence-electron chi connectivity index (χ2n) is 7.13. The van der Waals surface area contributed by atoms with Crippen molar-refractivity contribution in [2.45, 2.75) is 45.0 Å². The molecule has 1 aromatic heterocycles. The first kappa shape index (κ1) is 22.7. The van der Waals surface area contributed by atoms with Crippen LogP contribution in [0.3, 0.4) is 0 Å². The van der Waals surface area contributed by atoms with Gasteiger partial charge in [-0.25, -0.2) is 9.48 Å². The molecule has 2 aromatic rings. The third-order valence-electron chi connectivity index (χ3n) is 4.52. The zero-order chi connectivity index (χ0) is 22.5. The minimum Gasteiger partial charge on any atom is -0.493 e. The van der Waals surface area contributed by atoms with Crippen molar-refractivity contribution in [2.24, 2.45) is 0 Å². The molecule has 0 saturated heterocycles. The molecule has 1 N–H and O–H groups in total. The number of methoxy groups -OCH3 is 1. The number of ether oxygens (including phenoxy) is 3. The fourth-order valence-electron chi connectivity index (χ4n) is 3.31. The van der Waals surface area contributed by atoms with Crippen LogP contribution in [0.2, 0.25) is 0 Å². The Bertz CT molecular complexity index is 999. The van der Waals surface area contributed by atoms with Gasteiger partial charge in [-0.3, -0.25) is 0 Å². The number of fused-ring (bicyclic) bond motifs is 1. The molecule has 31 heavy (non-hydrogen) atoms. The quantitative estimate of drug-likeness (QED) is 0.350. The van der Waals surface area contributed by atoms with Crippen molar-refractivity contribution in [3.63, 3.8) is 0 Å². The molecule has 0 radical (unpaired) electrons. The number of hydrogen-bond donors (Lipinski definition) is 1. The van der Waals surface area contributed by atoms with Crippen molar-refractivity contribution >= 4 is 23.7 Å². The van der Waals surface area contributed by atoms with E-state index in [0.29, 0.717) is 33.9 Å². The number of anilines is 1. The molecule has 3 rings (SSSR count). The van der Waals surface area contributed by atoms with E-state index >= 15 is 0 Å². The van der Waals surface area contributed by atoms with E-state index in [-0.39, 0.29) is 12.7 Å². The van der Waals surface area contributed by atoms with Crippen molar-refractivity contribution in [2.75, 3.05) is 24.8 Å². The van der Waals surface area contributed by atoms with Crippen molar-refractivity contribution in [1.82, 2.24) is 14.8 Å². The fraction of sp³-hybridized carbons (Fsp3) is 0.409. The molecule has 9 heteroatoms. The number of aromatic nitrogens is 3. The van der Waals surface area contributed by atoms with Crippen LogP contribution in [-0.2, 0) is 9.53 Å². The van der Waals surface area contributed by atoms with Gasteiger partial charge in [0.2, 0.25) is 11.1 Å². The molecule has 1 atom stereocenters. The van der Waals surface area contributed by atoms with Crippen molar-refractivity contribution in [1.29, 1.82) is 0 Å². The molecule has 1 unspecified atom stereocenters. The summed E-state index contributed by atoms with van der Waals surface area (Å²) in [5.41, 5.74) is 1.92. The normalized spacial score (nSPS) is 15.4. The van der Waals surface area contributed by atoms with E-state index in [1.807, 2.05) is 45.9 Å². The second-order valence-corrected chi connectivity index (χ2v) is 8.36. The number of carbonyl (C=O) groups excluding carboxylic acids is 1. The predicted octanol–water partition coefficient (Wildman–Crippen LogP) is 4.20. The second kappa shape index (κ2) is 9.91. The van der Waals surface area contributed by atoms with Crippen LogP contribution in [0, 0.1) is 0 Å². The molecule has 0 aliphatic carbocycles. The lowest BCUT2D eigenvalue weighted by atomic mass is 9.95. The first-order valence-electron chi connectivity index (χ1n) is 10.1. The SMILES string of the molecule is C=CCOC(=O)C1=C(C)Nc2nc(SCC)nn2C1c1ccc(OC(C)C)c(OC)c1. The monoisotopic (exact) mass is 444 g/mol. The van der Waals surface area contributed by atoms with Gasteiger partial charge in [-0.2, -0.15) is 4.98 Å². The Morgan fingerprint density at radius 1 is 1.39 bits per heavy atom. The highest BCUT2D eigenvalue weighted by Gasteiger charge is 2.35. The van der Waals surface area contributed by atoms with Crippen LogP contribution < -0.4 is 14.8 Å². The number of nitrogens with one attached hydrogen (secondary N) is 1. The lowest BCUT2D eigenvalue weighted by molar-refractivity contribution is -0.138. The Kier molecular flexibility index (Phi) is 7.27. The summed E-state index contributed by atoms with van der Waals surface area (Å²) in [6.45, 7) is 11.5. The molecule has 8 nitrogen and oxygen atoms in total. The molecular formula is C22H28N4O4S. The van der Waals surface area contributed by atoms with Crippen LogP contribution in [0.4, 0.5) is 5.95 Å². The van der Waals surface area contributed by atoms with Gasteiger partial charge in [0.15, 0.2) is 11.5 Å². The van der Waals surface area contributed by atoms with E-state index < -0.39 is 12.0 Å². The molecule has 166 valence electrons. The highest BCUT2D eigenvalue weighted by molar-refractivity contribution is 7.99. The van der Waals surface area contributed by atoms with E-state index in [1.54, 1.807) is 11.8 Å². The molecule has 0 bridgehead atoms. The van der Waals surface area contributed by atoms with Crippen molar-refractivity contribution < 1.29 is 19.0 Å². The zero-order valence-corrected chi connectivity index (χ0v) is 19.3. The highest BCUT2D eigenvalue weighted by atomic mass is 32.2. The topological polar surface area (TPSA) is 87.5 Å². The summed E-state index contributed by atoms with van der Waals surface area (Å²) in [5, 5.41) is 8.46. The van der Waals surface area contributed by atoms with E-state index in [9.17, 15) is 4.79 Å². The van der Waals surface area contributed by atoms with Gasteiger partial charge in [0.1, 0.15) is 12.6 Å². The molecule has 1 aliphatic heterocycles. The molecule has 1 aliphatic rings. The fourth-order valence-corrected chi connectivity index (χ4v) is 3.87. The van der Waals surface area contributed by atoms with Gasteiger partial charge in [0.25, 0.3) is 0 Å². The van der Waals surface area contributed by atoms with Gasteiger partial charge in [-0.15, -0.1) is 5.10 Å². The van der Waals surface area contributed by atoms with Gasteiger partial charge in [0, 0.05) is 5.70 Å². The smallest absolute Gasteiger partial charge is 0.338 e. The maximum atomic E-state index is 13.0. The Morgan fingerprint density at radius 2 is 2.16 bits per heavy atom. The van der Waals surface area contributed by atoms with Crippen LogP contribution in [0.5, 0.6) is 11.5 Å². The Hall–Kier alpha value is -2.94. The van der Waals surface area contributed by atoms with E-state index in [2.05, 4.69) is 22.0 Å². The number of nitrogens with zero attached hydrogens (tertiary/aromatic N) is 3. The van der Waals surface area contributed by atoms with Gasteiger partial charge < -0.3 is 19.5 Å². The molecular weight excluding hydrogens is 416 g/mol. The minimum absolute atomic E-state index is 0.000702. The summed E-state index contributed by atoms with van der Waals surface area (Å²) in [7, 11) is 1.59. The van der Waals surface area contributed by atoms with Crippen LogP contribution in [-0.4, -0.2) is 46.3 Å². The molecule has 0 amide bonds. The van der Waals surface area contributed by atoms with Crippen LogP contribution in [0.15, 0.2) is 47.3 Å². The van der Waals surface area contributed by atoms with Crippen LogP contribution in [0.25, 0.3) is 0 Å². The van der Waals surface area contributed by atoms with Gasteiger partial charge in [-0.05, 0) is 44.2 Å². The van der Waals surface area contributed by atoms with Crippen LogP contribution in [0.1, 0.15) is 39.3 Å². The molecule has 2 heterocycles. The van der Waals surface area contributed by atoms with Gasteiger partial charge in [0.05, 0.1) is 18.8 Å². The number of allylic oxidation sites excluding steroid dienone is 1. The molecule has 1 aromatic carbocycles. The summed E-state index contributed by atoms with van der Waals surface area (Å²) in [6, 6.07) is 5.08. The Morgan fingerprint density at radius 3 is 2.81 bits per heavy atom. The lowest BCUT2D eigenvalue weighted by Crippen LogP contribution is -2.29. The number of esters is 1. The van der Waals surface area contributed by atoms with Crippen molar-refractivity contribution in [3.8, 4) is 11.5 Å². The van der Waals surface area contributed by atoms with Gasteiger partial charge >= 0.3 is 5.97 Å². The van der Waals surface area contributed by atoms with E-state index in [1.165, 1.54) is 17.8 Å². The first-order valence-corrected chi connectivity index (χ1v) is 11.1. The maximum Gasteiger partial charge on any atom is 0.338 e. The summed E-state index contributed by atoms with van der Waals surface area (Å²) >= 11 is 1.53. The van der Waals surface area contributed by atoms with Gasteiger partial charge in [-0.1, -0.05) is 37.4 Å². The maximum absolute atomic E-state index is 13.0. The van der Waals surface area contributed by atoms with E-state index in [4.69, 9.17) is 14.2 Å². The molecule has 0 fully saturated rings. The standard InChI is InChI=1S/C22H28N4O4S/c1-7-11-29-20(27)18-14(5)23-21-24-22(31-8-2)25-26(21)19(18)15-9-10-16(30-13(3)4)17(12-15)28-6/h7,9-10,12-13,19H,1,8,11H2,2-6H3,(H,23,24,25). The zero-order valence-electron chi connectivity index (χ0n) is 18.5. The number of carbonyl (C=O) groups is 1. The third kappa shape index (κ3) is 4.87. The number of benzene rings is 1. The average Bonchev–Trinajstić information content (AvgIpc) is 3.13. The summed E-state index contributed by atoms with van der Waals surface area (Å²) < 4.78 is 18.5. The summed E-state index contributed by atoms with van der Waals surface area (Å²) in [6.07, 6.45) is 1.54. The summed E-state index contributed by atoms with van der Waals surface area (Å²) in [5.74, 6) is 2.17. The number of hydrogen-bond acceptors (Lipinski definition) is 8. The van der Waals surface area contributed by atoms with Crippen LogP contribution >= 0.6 is 11.8 Å². The van der Waals surface area contributed by atoms with E-state index in [0.717, 1.165) is 11.3 Å². The Labute approximate surface area is 186 Å². The third-order valence-corrected chi connectivity index (χ3v) is 5.24. The lowest BCUT2D eigenvalue weighted by Gasteiger charge is -2.28. The summed E-state index contributed by atoms with van der Waals surface area (Å²) in [4.78, 5) is 17.5.